The minimum atomic E-state index is -4.06. The topological polar surface area (TPSA) is 197 Å². The molecule has 0 saturated carbocycles. The molecule has 2 fully saturated rings. The molecule has 2 aliphatic rings. The van der Waals surface area contributed by atoms with Gasteiger partial charge in [-0.2, -0.15) is 4.31 Å². The van der Waals surface area contributed by atoms with Crippen molar-refractivity contribution in [2.75, 3.05) is 52.7 Å². The molecule has 3 aromatic rings. The summed E-state index contributed by atoms with van der Waals surface area (Å²) in [7, 11) is -6.41. The number of methoxy groups -OCH3 is 1. The third-order valence-corrected chi connectivity index (χ3v) is 14.3. The number of aryl methyl sites for hydroxylation is 2. The Balaban J connectivity index is 0.00000442. The minimum absolute atomic E-state index is 0.0344. The van der Waals surface area contributed by atoms with Gasteiger partial charge >= 0.3 is 19.7 Å². The maximum absolute atomic E-state index is 14.1. The highest BCUT2D eigenvalue weighted by Crippen LogP contribution is 2.50. The van der Waals surface area contributed by atoms with Crippen molar-refractivity contribution in [1.82, 2.24) is 14.9 Å². The molecule has 0 aromatic heterocycles. The quantitative estimate of drug-likeness (QED) is 0.0511. The maximum Gasteiger partial charge on any atom is 0.407 e. The Morgan fingerprint density at radius 2 is 1.61 bits per heavy atom. The summed E-state index contributed by atoms with van der Waals surface area (Å²) >= 11 is 0. The third kappa shape index (κ3) is 15.0. The molecule has 3 aromatic carbocycles. The van der Waals surface area contributed by atoms with E-state index in [0.717, 1.165) is 22.3 Å². The molecule has 64 heavy (non-hydrogen) atoms. The second-order valence-corrected chi connectivity index (χ2v) is 20.0. The van der Waals surface area contributed by atoms with Crippen molar-refractivity contribution in [2.45, 2.75) is 110 Å². The van der Waals surface area contributed by atoms with Crippen LogP contribution in [-0.2, 0) is 55.8 Å². The van der Waals surface area contributed by atoms with Crippen LogP contribution in [0.4, 0.5) is 4.79 Å². The summed E-state index contributed by atoms with van der Waals surface area (Å²) in [6.45, 7) is 15.9. The van der Waals surface area contributed by atoms with E-state index in [9.17, 15) is 27.7 Å². The molecule has 16 nitrogen and oxygen atoms in total. The van der Waals surface area contributed by atoms with Crippen LogP contribution in [0.25, 0.3) is 0 Å². The van der Waals surface area contributed by atoms with E-state index in [1.54, 1.807) is 19.1 Å². The molecule has 0 spiro atoms. The van der Waals surface area contributed by atoms with Gasteiger partial charge in [-0.3, -0.25) is 4.52 Å². The van der Waals surface area contributed by atoms with Crippen LogP contribution in [0.2, 0.25) is 0 Å². The zero-order chi connectivity index (χ0) is 47.0. The average molecular weight is 934 g/mol. The molecule has 0 radical (unpaired) electrons. The predicted octanol–water partition coefficient (Wildman–Crippen LogP) is 6.77. The van der Waals surface area contributed by atoms with E-state index in [2.05, 4.69) is 10.6 Å². The number of rotatable bonds is 23. The Morgan fingerprint density at radius 3 is 2.23 bits per heavy atom. The van der Waals surface area contributed by atoms with Crippen LogP contribution in [0.1, 0.15) is 70.2 Å². The smallest absolute Gasteiger partial charge is 0.407 e. The van der Waals surface area contributed by atoms with Gasteiger partial charge in [0, 0.05) is 26.2 Å². The standard InChI is InChI=1S/C44H62N3O13PS.C2H6/c1-8-55-42(49)32(6)59-61(51,60-41-30(4)10-9-11-31(41)5)23-21-45-25-34-14-12-33(13-15-34)24-38(46-44(50)58-40-28-57-43-37(40)20-22-56-43)39(48)27-47(26-29(2)3)62(52,53)36-18-16-35(54-7)17-19-36;1-2/h9-19,29,32,37-40,43,45,48H,8,20-28H2,1-7H3,(H,46,50);1-2H3/t32-,37-,38-,39+,40-,43+,61?;/m0./s1. The van der Waals surface area contributed by atoms with Crippen molar-refractivity contribution in [3.63, 3.8) is 0 Å². The lowest BCUT2D eigenvalue weighted by molar-refractivity contribution is -0.150. The lowest BCUT2D eigenvalue weighted by Crippen LogP contribution is -2.51. The lowest BCUT2D eigenvalue weighted by Gasteiger charge is -2.31. The molecule has 0 aliphatic carbocycles. The summed E-state index contributed by atoms with van der Waals surface area (Å²) in [5, 5.41) is 17.9. The first kappa shape index (κ1) is 52.6. The van der Waals surface area contributed by atoms with E-state index < -0.39 is 60.3 Å². The van der Waals surface area contributed by atoms with Gasteiger partial charge in [0.15, 0.2) is 12.4 Å². The molecule has 2 aliphatic heterocycles. The molecule has 7 atom stereocenters. The molecule has 0 bridgehead atoms. The summed E-state index contributed by atoms with van der Waals surface area (Å²) in [5.41, 5.74) is 3.19. The number of benzene rings is 3. The van der Waals surface area contributed by atoms with Crippen LogP contribution in [0, 0.1) is 25.7 Å². The van der Waals surface area contributed by atoms with Crippen LogP contribution in [-0.4, -0.2) is 113 Å². The fraction of sp³-hybridized carbons (Fsp3) is 0.565. The molecule has 1 amide bonds. The lowest BCUT2D eigenvalue weighted by atomic mass is 10.00. The minimum Gasteiger partial charge on any atom is -0.497 e. The Kier molecular flexibility index (Phi) is 20.5. The van der Waals surface area contributed by atoms with Crippen LogP contribution < -0.4 is 19.9 Å². The summed E-state index contributed by atoms with van der Waals surface area (Å²) < 4.78 is 82.3. The number of sulfonamides is 1. The highest BCUT2D eigenvalue weighted by atomic mass is 32.2. The van der Waals surface area contributed by atoms with Crippen molar-refractivity contribution >= 4 is 29.7 Å². The number of ether oxygens (including phenoxy) is 5. The Morgan fingerprint density at radius 1 is 0.953 bits per heavy atom. The SMILES string of the molecule is CC.CCOC(=O)[C@H](C)OP(=O)(CCNCc1ccc(C[C@H](NC(=O)O[C@H]2CO[C@H]3OCC[C@H]32)[C@H](O)CN(CC(C)C)S(=O)(=O)c2ccc(OC)cc2)cc1)Oc1c(C)cccc1C. The molecular weight excluding hydrogens is 866 g/mol. The number of alkyl carbamates (subject to hydrolysis) is 1. The molecule has 5 rings (SSSR count). The van der Waals surface area contributed by atoms with Crippen molar-refractivity contribution in [1.29, 1.82) is 0 Å². The van der Waals surface area contributed by atoms with Gasteiger partial charge in [-0.15, -0.1) is 0 Å². The first-order valence-electron chi connectivity index (χ1n) is 22.0. The monoisotopic (exact) mass is 933 g/mol. The normalized spacial score (nSPS) is 19.4. The van der Waals surface area contributed by atoms with E-state index in [0.29, 0.717) is 31.1 Å². The number of para-hydroxylation sites is 1. The maximum atomic E-state index is 14.1. The van der Waals surface area contributed by atoms with Gasteiger partial charge < -0.3 is 43.9 Å². The number of fused-ring (bicyclic) bond motifs is 1. The Bertz CT molecular complexity index is 2070. The third-order valence-electron chi connectivity index (χ3n) is 10.6. The molecule has 3 N–H and O–H groups in total. The fourth-order valence-corrected chi connectivity index (χ4v) is 10.7. The van der Waals surface area contributed by atoms with Gasteiger partial charge in [-0.1, -0.05) is 70.2 Å². The summed E-state index contributed by atoms with van der Waals surface area (Å²) in [6.07, 6.45) is -3.37. The molecule has 2 heterocycles. The number of hydrogen-bond acceptors (Lipinski definition) is 14. The van der Waals surface area contributed by atoms with E-state index in [1.807, 2.05) is 84.0 Å². The number of aliphatic hydroxyl groups is 1. The Labute approximate surface area is 379 Å². The molecule has 1 unspecified atom stereocenters. The van der Waals surface area contributed by atoms with Crippen molar-refractivity contribution in [3.8, 4) is 11.5 Å². The van der Waals surface area contributed by atoms with Gasteiger partial charge in [0.1, 0.15) is 17.6 Å². The summed E-state index contributed by atoms with van der Waals surface area (Å²) in [5.74, 6) is 0.126. The van der Waals surface area contributed by atoms with Crippen LogP contribution >= 0.6 is 7.60 Å². The van der Waals surface area contributed by atoms with Gasteiger partial charge in [0.05, 0.1) is 56.1 Å². The van der Waals surface area contributed by atoms with Gasteiger partial charge in [0.25, 0.3) is 0 Å². The van der Waals surface area contributed by atoms with Crippen LogP contribution in [0.3, 0.4) is 0 Å². The average Bonchev–Trinajstić information content (AvgIpc) is 3.90. The van der Waals surface area contributed by atoms with E-state index in [1.165, 1.54) is 30.5 Å². The Hall–Kier alpha value is -4.06. The highest BCUT2D eigenvalue weighted by Gasteiger charge is 2.44. The molecule has 2 saturated heterocycles. The number of carbonyl (C=O) groups is 2. The summed E-state index contributed by atoms with van der Waals surface area (Å²) in [4.78, 5) is 25.8. The second kappa shape index (κ2) is 25.0. The summed E-state index contributed by atoms with van der Waals surface area (Å²) in [6, 6.07) is 18.1. The first-order valence-corrected chi connectivity index (χ1v) is 25.2. The molecule has 18 heteroatoms. The van der Waals surface area contributed by atoms with E-state index >= 15 is 0 Å². The molecule has 356 valence electrons. The van der Waals surface area contributed by atoms with Gasteiger partial charge in [-0.25, -0.2) is 22.6 Å². The zero-order valence-electron chi connectivity index (χ0n) is 38.6. The van der Waals surface area contributed by atoms with Crippen molar-refractivity contribution in [2.24, 2.45) is 11.8 Å². The van der Waals surface area contributed by atoms with E-state index in [4.69, 9.17) is 32.7 Å². The number of amides is 1. The van der Waals surface area contributed by atoms with Crippen molar-refractivity contribution < 1.29 is 60.4 Å². The van der Waals surface area contributed by atoms with Crippen molar-refractivity contribution in [3.05, 3.63) is 89.0 Å². The van der Waals surface area contributed by atoms with Crippen LogP contribution in [0.5, 0.6) is 11.5 Å². The first-order chi connectivity index (χ1) is 30.5. The fourth-order valence-electron chi connectivity index (χ4n) is 7.31. The van der Waals surface area contributed by atoms with Crippen LogP contribution in [0.15, 0.2) is 71.6 Å². The zero-order valence-corrected chi connectivity index (χ0v) is 40.3. The largest absolute Gasteiger partial charge is 0.497 e. The number of carbonyl (C=O) groups excluding carboxylic acids is 2. The second-order valence-electron chi connectivity index (χ2n) is 16.0. The van der Waals surface area contributed by atoms with Gasteiger partial charge in [0.2, 0.25) is 10.0 Å². The predicted molar refractivity (Wildman–Crippen MR) is 243 cm³/mol. The number of hydrogen-bond donors (Lipinski definition) is 3. The number of esters is 1. The molecular formula is C46H68N3O13PS. The number of aliphatic hydroxyl groups excluding tert-OH is 1. The number of nitrogens with zero attached hydrogens (tertiary/aromatic N) is 1. The van der Waals surface area contributed by atoms with E-state index in [-0.39, 0.29) is 62.2 Å². The van der Waals surface area contributed by atoms with Gasteiger partial charge in [-0.05, 0) is 93.0 Å². The highest BCUT2D eigenvalue weighted by molar-refractivity contribution is 7.89. The number of nitrogens with one attached hydrogen (secondary N) is 2.